The second-order valence-electron chi connectivity index (χ2n) is 12.3. The van der Waals surface area contributed by atoms with Crippen LogP contribution in [0.5, 0.6) is 0 Å². The van der Waals surface area contributed by atoms with E-state index in [4.69, 9.17) is 0 Å². The van der Waals surface area contributed by atoms with Crippen molar-refractivity contribution in [3.8, 4) is 0 Å². The highest BCUT2D eigenvalue weighted by Gasteiger charge is 2.15. The van der Waals surface area contributed by atoms with E-state index in [0.717, 1.165) is 38.6 Å². The van der Waals surface area contributed by atoms with Crippen molar-refractivity contribution in [2.45, 2.75) is 207 Å². The van der Waals surface area contributed by atoms with Crippen molar-refractivity contribution in [1.29, 1.82) is 0 Å². The minimum atomic E-state index is 0.193. The molecule has 0 aliphatic rings. The molecule has 0 spiro atoms. The topological polar surface area (TPSA) is 37.4 Å². The molecule has 3 heteroatoms. The summed E-state index contributed by atoms with van der Waals surface area (Å²) in [5, 5.41) is 0. The lowest BCUT2D eigenvalue weighted by molar-refractivity contribution is -0.135. The molecule has 0 aromatic carbocycles. The zero-order valence-electron chi connectivity index (χ0n) is 27.2. The fourth-order valence-corrected chi connectivity index (χ4v) is 5.65. The van der Waals surface area contributed by atoms with Gasteiger partial charge in [0.25, 0.3) is 0 Å². The van der Waals surface area contributed by atoms with E-state index in [9.17, 15) is 9.59 Å². The molecule has 1 amide bonds. The van der Waals surface area contributed by atoms with Gasteiger partial charge in [0.2, 0.25) is 5.91 Å². The van der Waals surface area contributed by atoms with Crippen LogP contribution in [-0.2, 0) is 9.59 Å². The molecule has 0 aromatic heterocycles. The molecule has 39 heavy (non-hydrogen) atoms. The van der Waals surface area contributed by atoms with Gasteiger partial charge in [-0.1, -0.05) is 175 Å². The summed E-state index contributed by atoms with van der Waals surface area (Å²) in [6.07, 6.45) is 36.6. The summed E-state index contributed by atoms with van der Waals surface area (Å²) in [6.45, 7) is 7.72. The Bertz CT molecular complexity index is 518. The largest absolute Gasteiger partial charge is 0.335 e. The number of carbonyl (C=O) groups excluding carboxylic acids is 2. The quantitative estimate of drug-likeness (QED) is 0.0782. The lowest BCUT2D eigenvalue weighted by Gasteiger charge is -2.21. The van der Waals surface area contributed by atoms with E-state index >= 15 is 0 Å². The van der Waals surface area contributed by atoms with Gasteiger partial charge in [-0.25, -0.2) is 0 Å². The minimum absolute atomic E-state index is 0.193. The molecule has 0 aliphatic carbocycles. The predicted octanol–water partition coefficient (Wildman–Crippen LogP) is 11.8. The molecule has 232 valence electrons. The van der Waals surface area contributed by atoms with Gasteiger partial charge >= 0.3 is 0 Å². The van der Waals surface area contributed by atoms with E-state index in [1.165, 1.54) is 141 Å². The van der Waals surface area contributed by atoms with Gasteiger partial charge in [0.05, 0.1) is 6.54 Å². The first-order chi connectivity index (χ1) is 19.2. The van der Waals surface area contributed by atoms with Crippen molar-refractivity contribution >= 4 is 11.7 Å². The molecule has 0 unspecified atom stereocenters. The van der Waals surface area contributed by atoms with Crippen molar-refractivity contribution in [3.63, 3.8) is 0 Å². The van der Waals surface area contributed by atoms with Crippen LogP contribution in [0.3, 0.4) is 0 Å². The maximum absolute atomic E-state index is 12.7. The zero-order valence-corrected chi connectivity index (χ0v) is 27.2. The Morgan fingerprint density at radius 1 is 0.385 bits per heavy atom. The predicted molar refractivity (Wildman–Crippen MR) is 173 cm³/mol. The first-order valence-corrected chi connectivity index (χ1v) is 17.9. The SMILES string of the molecule is CCCCCCCCCCCCCCCC(=O)CN(CCC)C(=O)CCCCCCCCCCCCCCC. The molecular formula is C36H71NO2. The monoisotopic (exact) mass is 550 g/mol. The van der Waals surface area contributed by atoms with Crippen molar-refractivity contribution in [3.05, 3.63) is 0 Å². The third kappa shape index (κ3) is 28.5. The molecule has 0 bridgehead atoms. The number of carbonyl (C=O) groups is 2. The number of Topliss-reactive ketones (excluding diaryl/α,β-unsaturated/α-hetero) is 1. The Kier molecular flexibility index (Phi) is 31.0. The standard InChI is InChI=1S/C36H71NO2/c1-4-7-9-11-13-15-17-19-21-23-25-27-29-31-35(38)34-37(33-6-3)36(39)32-30-28-26-24-22-20-18-16-14-12-10-8-5-2/h4-34H2,1-3H3. The van der Waals surface area contributed by atoms with Crippen molar-refractivity contribution in [2.24, 2.45) is 0 Å². The average Bonchev–Trinajstić information content (AvgIpc) is 2.93. The number of rotatable bonds is 32. The van der Waals surface area contributed by atoms with E-state index < -0.39 is 0 Å². The molecule has 3 nitrogen and oxygen atoms in total. The highest BCUT2D eigenvalue weighted by Crippen LogP contribution is 2.15. The second kappa shape index (κ2) is 31.7. The molecule has 0 saturated heterocycles. The van der Waals surface area contributed by atoms with Gasteiger partial charge in [0.1, 0.15) is 0 Å². The van der Waals surface area contributed by atoms with Crippen LogP contribution in [0.1, 0.15) is 207 Å². The maximum atomic E-state index is 12.7. The number of unbranched alkanes of at least 4 members (excludes halogenated alkanes) is 24. The Morgan fingerprint density at radius 2 is 0.692 bits per heavy atom. The normalized spacial score (nSPS) is 11.3. The highest BCUT2D eigenvalue weighted by atomic mass is 16.2. The van der Waals surface area contributed by atoms with E-state index in [-0.39, 0.29) is 11.7 Å². The van der Waals surface area contributed by atoms with Crippen molar-refractivity contribution in [1.82, 2.24) is 4.90 Å². The van der Waals surface area contributed by atoms with Crippen LogP contribution in [0.15, 0.2) is 0 Å². The number of nitrogens with zero attached hydrogens (tertiary/aromatic N) is 1. The highest BCUT2D eigenvalue weighted by molar-refractivity contribution is 5.86. The maximum Gasteiger partial charge on any atom is 0.222 e. The van der Waals surface area contributed by atoms with Crippen LogP contribution in [0.4, 0.5) is 0 Å². The van der Waals surface area contributed by atoms with Crippen LogP contribution < -0.4 is 0 Å². The Morgan fingerprint density at radius 3 is 1.03 bits per heavy atom. The lowest BCUT2D eigenvalue weighted by Crippen LogP contribution is -2.36. The van der Waals surface area contributed by atoms with Crippen LogP contribution in [0, 0.1) is 0 Å². The first-order valence-electron chi connectivity index (χ1n) is 17.9. The third-order valence-corrected chi connectivity index (χ3v) is 8.27. The average molecular weight is 550 g/mol. The van der Waals surface area contributed by atoms with Gasteiger partial charge in [-0.3, -0.25) is 9.59 Å². The first kappa shape index (κ1) is 38.1. The summed E-state index contributed by atoms with van der Waals surface area (Å²) < 4.78 is 0. The molecule has 0 saturated carbocycles. The second-order valence-corrected chi connectivity index (χ2v) is 12.3. The summed E-state index contributed by atoms with van der Waals surface area (Å²) in [5.41, 5.74) is 0. The fraction of sp³-hybridized carbons (Fsp3) is 0.944. The van der Waals surface area contributed by atoms with Gasteiger partial charge in [0, 0.05) is 19.4 Å². The van der Waals surface area contributed by atoms with Crippen LogP contribution in [0.2, 0.25) is 0 Å². The van der Waals surface area contributed by atoms with Gasteiger partial charge in [0.15, 0.2) is 5.78 Å². The third-order valence-electron chi connectivity index (χ3n) is 8.27. The molecule has 0 rings (SSSR count). The van der Waals surface area contributed by atoms with E-state index in [1.807, 2.05) is 4.90 Å². The summed E-state index contributed by atoms with van der Waals surface area (Å²) in [5.74, 6) is 0.448. The molecule has 0 N–H and O–H groups in total. The number of amides is 1. The summed E-state index contributed by atoms with van der Waals surface area (Å²) in [7, 11) is 0. The number of hydrogen-bond donors (Lipinski definition) is 0. The Hall–Kier alpha value is -0.860. The number of ketones is 1. The summed E-state index contributed by atoms with van der Waals surface area (Å²) >= 11 is 0. The molecule has 0 aromatic rings. The van der Waals surface area contributed by atoms with Crippen molar-refractivity contribution in [2.75, 3.05) is 13.1 Å². The molecular weight excluding hydrogens is 478 g/mol. The fourth-order valence-electron chi connectivity index (χ4n) is 5.65. The van der Waals surface area contributed by atoms with Gasteiger partial charge in [-0.15, -0.1) is 0 Å². The molecule has 0 aliphatic heterocycles. The smallest absolute Gasteiger partial charge is 0.222 e. The van der Waals surface area contributed by atoms with Gasteiger partial charge in [-0.2, -0.15) is 0 Å². The van der Waals surface area contributed by atoms with E-state index in [2.05, 4.69) is 20.8 Å². The van der Waals surface area contributed by atoms with Crippen LogP contribution in [0.25, 0.3) is 0 Å². The van der Waals surface area contributed by atoms with Gasteiger partial charge < -0.3 is 4.90 Å². The lowest BCUT2D eigenvalue weighted by atomic mass is 10.0. The van der Waals surface area contributed by atoms with Crippen LogP contribution >= 0.6 is 0 Å². The Balaban J connectivity index is 3.67. The molecule has 0 atom stereocenters. The van der Waals surface area contributed by atoms with E-state index in [1.54, 1.807) is 0 Å². The number of hydrogen-bond acceptors (Lipinski definition) is 2. The Labute approximate surface area is 246 Å². The molecule has 0 fully saturated rings. The van der Waals surface area contributed by atoms with Crippen LogP contribution in [-0.4, -0.2) is 29.7 Å². The molecule has 0 radical (unpaired) electrons. The van der Waals surface area contributed by atoms with Gasteiger partial charge in [-0.05, 0) is 19.3 Å². The zero-order chi connectivity index (χ0) is 28.7. The molecule has 0 heterocycles. The minimum Gasteiger partial charge on any atom is -0.335 e. The van der Waals surface area contributed by atoms with E-state index in [0.29, 0.717) is 19.4 Å². The summed E-state index contributed by atoms with van der Waals surface area (Å²) in [4.78, 5) is 27.1. The summed E-state index contributed by atoms with van der Waals surface area (Å²) in [6, 6.07) is 0. The van der Waals surface area contributed by atoms with Crippen molar-refractivity contribution < 1.29 is 9.59 Å².